The largest absolute Gasteiger partial charge is 0.481 e. The van der Waals surface area contributed by atoms with E-state index in [0.717, 1.165) is 5.75 Å². The predicted molar refractivity (Wildman–Crippen MR) is 60.6 cm³/mol. The normalized spacial score (nSPS) is 11.7. The van der Waals surface area contributed by atoms with Crippen molar-refractivity contribution in [3.05, 3.63) is 30.3 Å². The van der Waals surface area contributed by atoms with E-state index in [-0.39, 0.29) is 5.92 Å². The predicted octanol–water partition coefficient (Wildman–Crippen LogP) is 2.09. The van der Waals surface area contributed by atoms with Crippen molar-refractivity contribution in [2.45, 2.75) is 20.0 Å². The fourth-order valence-corrected chi connectivity index (χ4v) is 0.949. The van der Waals surface area contributed by atoms with Crippen LogP contribution in [0.15, 0.2) is 30.3 Å². The minimum absolute atomic E-state index is 0.161. The third-order valence-electron chi connectivity index (χ3n) is 1.94. The second-order valence-corrected chi connectivity index (χ2v) is 3.61. The lowest BCUT2D eigenvalue weighted by atomic mass is 10.1. The Kier molecular flexibility index (Phi) is 4.73. The number of para-hydroxylation sites is 1. The Morgan fingerprint density at radius 3 is 2.53 bits per heavy atom. The van der Waals surface area contributed by atoms with Gasteiger partial charge in [0.2, 0.25) is 0 Å². The van der Waals surface area contributed by atoms with Crippen LogP contribution in [-0.2, 0) is 0 Å². The summed E-state index contributed by atoms with van der Waals surface area (Å²) in [5, 5.41) is 9.39. The Hall–Kier alpha value is -1.46. The minimum Gasteiger partial charge on any atom is -0.481 e. The standard InChI is InChI=1S/C13H16O2/c1-11(2)13(14)9-6-10-15-12-7-4-3-5-8-12/h3-5,7-8,11,13-14H,10H2,1-2H3. The maximum Gasteiger partial charge on any atom is 0.149 e. The van der Waals surface area contributed by atoms with E-state index in [1.54, 1.807) is 0 Å². The maximum absolute atomic E-state index is 9.39. The van der Waals surface area contributed by atoms with Crippen molar-refractivity contribution in [2.75, 3.05) is 6.61 Å². The molecule has 15 heavy (non-hydrogen) atoms. The Balaban J connectivity index is 2.33. The third kappa shape index (κ3) is 4.53. The summed E-state index contributed by atoms with van der Waals surface area (Å²) in [4.78, 5) is 0. The molecule has 1 atom stereocenters. The monoisotopic (exact) mass is 204 g/mol. The summed E-state index contributed by atoms with van der Waals surface area (Å²) in [5.41, 5.74) is 0. The van der Waals surface area contributed by atoms with Crippen LogP contribution in [0.4, 0.5) is 0 Å². The lowest BCUT2D eigenvalue weighted by molar-refractivity contribution is 0.181. The van der Waals surface area contributed by atoms with Gasteiger partial charge in [0.15, 0.2) is 0 Å². The highest BCUT2D eigenvalue weighted by atomic mass is 16.5. The molecular formula is C13H16O2. The van der Waals surface area contributed by atoms with E-state index in [9.17, 15) is 5.11 Å². The lowest BCUT2D eigenvalue weighted by Gasteiger charge is -2.05. The SMILES string of the molecule is CC(C)C(O)C#CCOc1ccccc1. The molecule has 0 aromatic heterocycles. The van der Waals surface area contributed by atoms with E-state index >= 15 is 0 Å². The zero-order valence-corrected chi connectivity index (χ0v) is 9.10. The quantitative estimate of drug-likeness (QED) is 0.764. The van der Waals surface area contributed by atoms with Crippen molar-refractivity contribution >= 4 is 0 Å². The maximum atomic E-state index is 9.39. The number of aliphatic hydroxyl groups is 1. The molecule has 0 bridgehead atoms. The number of hydrogen-bond donors (Lipinski definition) is 1. The lowest BCUT2D eigenvalue weighted by Crippen LogP contribution is -2.11. The van der Waals surface area contributed by atoms with Crippen LogP contribution in [-0.4, -0.2) is 17.8 Å². The topological polar surface area (TPSA) is 29.5 Å². The Morgan fingerprint density at radius 2 is 1.93 bits per heavy atom. The van der Waals surface area contributed by atoms with Crippen LogP contribution in [0.2, 0.25) is 0 Å². The van der Waals surface area contributed by atoms with Crippen LogP contribution in [0, 0.1) is 17.8 Å². The van der Waals surface area contributed by atoms with Crippen LogP contribution in [0.5, 0.6) is 5.75 Å². The molecule has 0 aliphatic heterocycles. The van der Waals surface area contributed by atoms with E-state index in [4.69, 9.17) is 4.74 Å². The highest BCUT2D eigenvalue weighted by Gasteiger charge is 2.02. The molecule has 1 unspecified atom stereocenters. The molecule has 0 saturated carbocycles. The molecule has 0 amide bonds. The molecule has 80 valence electrons. The molecule has 0 radical (unpaired) electrons. The smallest absolute Gasteiger partial charge is 0.149 e. The Bertz CT molecular complexity index is 333. The Morgan fingerprint density at radius 1 is 1.27 bits per heavy atom. The van der Waals surface area contributed by atoms with Gasteiger partial charge in [0, 0.05) is 0 Å². The summed E-state index contributed by atoms with van der Waals surface area (Å²) in [5.74, 6) is 6.48. The third-order valence-corrected chi connectivity index (χ3v) is 1.94. The molecule has 2 nitrogen and oxygen atoms in total. The van der Waals surface area contributed by atoms with Crippen LogP contribution in [0.25, 0.3) is 0 Å². The fraction of sp³-hybridized carbons (Fsp3) is 0.385. The van der Waals surface area contributed by atoms with Crippen molar-refractivity contribution in [3.8, 4) is 17.6 Å². The van der Waals surface area contributed by atoms with Gasteiger partial charge in [-0.05, 0) is 18.1 Å². The zero-order chi connectivity index (χ0) is 11.1. The van der Waals surface area contributed by atoms with E-state index < -0.39 is 6.10 Å². The van der Waals surface area contributed by atoms with Gasteiger partial charge in [-0.2, -0.15) is 0 Å². The molecule has 0 saturated heterocycles. The molecule has 2 heteroatoms. The van der Waals surface area contributed by atoms with Crippen LogP contribution >= 0.6 is 0 Å². The van der Waals surface area contributed by atoms with Crippen molar-refractivity contribution in [1.29, 1.82) is 0 Å². The van der Waals surface area contributed by atoms with Crippen LogP contribution in [0.1, 0.15) is 13.8 Å². The van der Waals surface area contributed by atoms with Gasteiger partial charge in [-0.15, -0.1) is 0 Å². The van der Waals surface area contributed by atoms with Gasteiger partial charge in [-0.1, -0.05) is 43.9 Å². The Labute approximate surface area is 90.9 Å². The number of rotatable bonds is 3. The average Bonchev–Trinajstić information content (AvgIpc) is 2.25. The fourth-order valence-electron chi connectivity index (χ4n) is 0.949. The minimum atomic E-state index is -0.565. The second kappa shape index (κ2) is 6.10. The molecule has 0 aliphatic rings. The van der Waals surface area contributed by atoms with Crippen molar-refractivity contribution in [3.63, 3.8) is 0 Å². The first kappa shape index (κ1) is 11.6. The molecule has 0 fully saturated rings. The van der Waals surface area contributed by atoms with Gasteiger partial charge in [-0.3, -0.25) is 0 Å². The van der Waals surface area contributed by atoms with Gasteiger partial charge in [0.05, 0.1) is 0 Å². The zero-order valence-electron chi connectivity index (χ0n) is 9.10. The van der Waals surface area contributed by atoms with Gasteiger partial charge in [0.1, 0.15) is 18.5 Å². The summed E-state index contributed by atoms with van der Waals surface area (Å²) in [6.45, 7) is 4.17. The average molecular weight is 204 g/mol. The summed E-state index contributed by atoms with van der Waals surface area (Å²) >= 11 is 0. The number of aliphatic hydroxyl groups excluding tert-OH is 1. The summed E-state index contributed by atoms with van der Waals surface area (Å²) in [7, 11) is 0. The van der Waals surface area contributed by atoms with Gasteiger partial charge in [0.25, 0.3) is 0 Å². The number of benzene rings is 1. The summed E-state index contributed by atoms with van der Waals surface area (Å²) < 4.78 is 5.35. The van der Waals surface area contributed by atoms with Crippen molar-refractivity contribution < 1.29 is 9.84 Å². The molecule has 0 spiro atoms. The summed E-state index contributed by atoms with van der Waals surface area (Å²) in [6, 6.07) is 9.50. The van der Waals surface area contributed by atoms with Crippen molar-refractivity contribution in [2.24, 2.45) is 5.92 Å². The van der Waals surface area contributed by atoms with E-state index in [2.05, 4.69) is 11.8 Å². The highest BCUT2D eigenvalue weighted by molar-refractivity contribution is 5.21. The van der Waals surface area contributed by atoms with Gasteiger partial charge < -0.3 is 9.84 Å². The van der Waals surface area contributed by atoms with Gasteiger partial charge in [-0.25, -0.2) is 0 Å². The van der Waals surface area contributed by atoms with E-state index in [1.807, 2.05) is 44.2 Å². The molecule has 1 N–H and O–H groups in total. The first-order chi connectivity index (χ1) is 7.20. The molecular weight excluding hydrogens is 188 g/mol. The van der Waals surface area contributed by atoms with Crippen LogP contribution in [0.3, 0.4) is 0 Å². The number of ether oxygens (including phenoxy) is 1. The molecule has 1 rings (SSSR count). The highest BCUT2D eigenvalue weighted by Crippen LogP contribution is 2.07. The van der Waals surface area contributed by atoms with Crippen molar-refractivity contribution in [1.82, 2.24) is 0 Å². The molecule has 0 aliphatic carbocycles. The van der Waals surface area contributed by atoms with E-state index in [0.29, 0.717) is 6.61 Å². The molecule has 1 aromatic carbocycles. The first-order valence-electron chi connectivity index (χ1n) is 5.04. The second-order valence-electron chi connectivity index (χ2n) is 3.61. The van der Waals surface area contributed by atoms with E-state index in [1.165, 1.54) is 0 Å². The number of hydrogen-bond acceptors (Lipinski definition) is 2. The molecule has 1 aromatic rings. The summed E-state index contributed by atoms with van der Waals surface area (Å²) in [6.07, 6.45) is -0.565. The first-order valence-corrected chi connectivity index (χ1v) is 5.04. The molecule has 0 heterocycles. The van der Waals surface area contributed by atoms with Crippen LogP contribution < -0.4 is 4.74 Å². The van der Waals surface area contributed by atoms with Gasteiger partial charge >= 0.3 is 0 Å².